The summed E-state index contributed by atoms with van der Waals surface area (Å²) in [6.45, 7) is 10.6. The second kappa shape index (κ2) is 7.30. The minimum atomic E-state index is -0.449. The van der Waals surface area contributed by atoms with Gasteiger partial charge in [0.2, 0.25) is 0 Å². The molecule has 0 bridgehead atoms. The molecule has 23 heavy (non-hydrogen) atoms. The van der Waals surface area contributed by atoms with E-state index in [1.54, 1.807) is 4.90 Å². The summed E-state index contributed by atoms with van der Waals surface area (Å²) in [5.74, 6) is 0. The Morgan fingerprint density at radius 3 is 2.13 bits per heavy atom. The Bertz CT molecular complexity index is 555. The van der Waals surface area contributed by atoms with Gasteiger partial charge in [-0.2, -0.15) is 0 Å². The number of piperazine rings is 1. The molecule has 1 aromatic carbocycles. The first-order valence-corrected chi connectivity index (χ1v) is 8.47. The Hall–Kier alpha value is -1.62. The normalized spacial score (nSPS) is 15.5. The van der Waals surface area contributed by atoms with Crippen LogP contribution >= 0.6 is 12.2 Å². The zero-order valence-electron chi connectivity index (χ0n) is 14.5. The van der Waals surface area contributed by atoms with Crippen LogP contribution in [-0.2, 0) is 11.2 Å². The summed E-state index contributed by atoms with van der Waals surface area (Å²) in [4.78, 5) is 17.0. The fraction of sp³-hybridized carbons (Fsp3) is 0.556. The first kappa shape index (κ1) is 17.7. The molecule has 0 radical (unpaired) electrons. The lowest BCUT2D eigenvalue weighted by Crippen LogP contribution is -2.51. The third-order valence-electron chi connectivity index (χ3n) is 3.76. The molecule has 0 N–H and O–H groups in total. The first-order valence-electron chi connectivity index (χ1n) is 8.06. The second-order valence-corrected chi connectivity index (χ2v) is 7.48. The van der Waals surface area contributed by atoms with Crippen LogP contribution in [0.1, 0.15) is 31.9 Å². The zero-order valence-corrected chi connectivity index (χ0v) is 15.3. The molecule has 1 fully saturated rings. The maximum Gasteiger partial charge on any atom is 0.410 e. The number of nitrogens with zero attached hydrogens (tertiary/aromatic N) is 2. The largest absolute Gasteiger partial charge is 0.444 e. The standard InChI is InChI=1S/C18H26N2O2S/c1-14-5-7-15(8-6-14)13-16(23)19-9-11-20(12-10-19)17(21)22-18(2,3)4/h5-8H,9-13H2,1-4H3. The molecular weight excluding hydrogens is 308 g/mol. The number of thiocarbonyl (C=S) groups is 1. The SMILES string of the molecule is Cc1ccc(CC(=S)N2CCN(C(=O)OC(C)(C)C)CC2)cc1. The Labute approximate surface area is 144 Å². The third-order valence-corrected chi connectivity index (χ3v) is 4.16. The van der Waals surface area contributed by atoms with E-state index in [4.69, 9.17) is 17.0 Å². The van der Waals surface area contributed by atoms with Crippen LogP contribution in [0.25, 0.3) is 0 Å². The summed E-state index contributed by atoms with van der Waals surface area (Å²) in [6, 6.07) is 8.47. The van der Waals surface area contributed by atoms with E-state index in [9.17, 15) is 4.79 Å². The number of rotatable bonds is 2. The number of hydrogen-bond donors (Lipinski definition) is 0. The van der Waals surface area contributed by atoms with Gasteiger partial charge in [0, 0.05) is 32.6 Å². The summed E-state index contributed by atoms with van der Waals surface area (Å²) < 4.78 is 5.42. The summed E-state index contributed by atoms with van der Waals surface area (Å²) in [5, 5.41) is 0. The van der Waals surface area contributed by atoms with Gasteiger partial charge >= 0.3 is 6.09 Å². The molecule has 0 spiro atoms. The number of carbonyl (C=O) groups is 1. The van der Waals surface area contributed by atoms with Crippen molar-refractivity contribution in [2.75, 3.05) is 26.2 Å². The molecule has 2 rings (SSSR count). The third kappa shape index (κ3) is 5.50. The van der Waals surface area contributed by atoms with Crippen LogP contribution in [0.3, 0.4) is 0 Å². The van der Waals surface area contributed by atoms with Gasteiger partial charge in [-0.25, -0.2) is 4.79 Å². The van der Waals surface area contributed by atoms with Gasteiger partial charge in [0.05, 0.1) is 4.99 Å². The van der Waals surface area contributed by atoms with E-state index >= 15 is 0 Å². The molecule has 5 heteroatoms. The van der Waals surface area contributed by atoms with Crippen molar-refractivity contribution < 1.29 is 9.53 Å². The van der Waals surface area contributed by atoms with E-state index in [2.05, 4.69) is 36.1 Å². The van der Waals surface area contributed by atoms with Gasteiger partial charge in [-0.1, -0.05) is 42.0 Å². The molecular formula is C18H26N2O2S. The fourth-order valence-electron chi connectivity index (χ4n) is 2.46. The average Bonchev–Trinajstić information content (AvgIpc) is 2.48. The Morgan fingerprint density at radius 1 is 1.09 bits per heavy atom. The Morgan fingerprint density at radius 2 is 1.61 bits per heavy atom. The maximum atomic E-state index is 12.1. The van der Waals surface area contributed by atoms with Gasteiger partial charge in [-0.05, 0) is 33.3 Å². The Balaban J connectivity index is 1.83. The van der Waals surface area contributed by atoms with E-state index in [0.717, 1.165) is 24.5 Å². The number of benzene rings is 1. The van der Waals surface area contributed by atoms with Crippen molar-refractivity contribution in [1.82, 2.24) is 9.80 Å². The highest BCUT2D eigenvalue weighted by Crippen LogP contribution is 2.13. The van der Waals surface area contributed by atoms with E-state index < -0.39 is 5.60 Å². The van der Waals surface area contributed by atoms with Gasteiger partial charge in [-0.15, -0.1) is 0 Å². The molecule has 0 atom stereocenters. The zero-order chi connectivity index (χ0) is 17.0. The molecule has 1 aliphatic rings. The lowest BCUT2D eigenvalue weighted by Gasteiger charge is -2.36. The van der Waals surface area contributed by atoms with Crippen LogP contribution in [0.4, 0.5) is 4.79 Å². The van der Waals surface area contributed by atoms with Crippen molar-refractivity contribution in [1.29, 1.82) is 0 Å². The van der Waals surface area contributed by atoms with Crippen molar-refractivity contribution in [2.45, 2.75) is 39.7 Å². The number of hydrogen-bond acceptors (Lipinski definition) is 3. The molecule has 4 nitrogen and oxygen atoms in total. The smallest absolute Gasteiger partial charge is 0.410 e. The monoisotopic (exact) mass is 334 g/mol. The number of carbonyl (C=O) groups excluding carboxylic acids is 1. The molecule has 1 heterocycles. The molecule has 126 valence electrons. The van der Waals surface area contributed by atoms with Gasteiger partial charge in [0.15, 0.2) is 0 Å². The van der Waals surface area contributed by atoms with E-state index in [1.165, 1.54) is 11.1 Å². The highest BCUT2D eigenvalue weighted by molar-refractivity contribution is 7.80. The van der Waals surface area contributed by atoms with Crippen LogP contribution in [0, 0.1) is 6.92 Å². The van der Waals surface area contributed by atoms with E-state index in [1.807, 2.05) is 20.8 Å². The van der Waals surface area contributed by atoms with Crippen molar-refractivity contribution in [2.24, 2.45) is 0 Å². The quantitative estimate of drug-likeness (QED) is 0.776. The van der Waals surface area contributed by atoms with Gasteiger partial charge in [0.25, 0.3) is 0 Å². The number of aryl methyl sites for hydroxylation is 1. The summed E-state index contributed by atoms with van der Waals surface area (Å²) in [5.41, 5.74) is 2.04. The van der Waals surface area contributed by atoms with Gasteiger partial charge < -0.3 is 14.5 Å². The predicted octanol–water partition coefficient (Wildman–Crippen LogP) is 3.42. The van der Waals surface area contributed by atoms with Crippen molar-refractivity contribution in [3.63, 3.8) is 0 Å². The second-order valence-electron chi connectivity index (χ2n) is 7.01. The van der Waals surface area contributed by atoms with Gasteiger partial charge in [-0.3, -0.25) is 0 Å². The molecule has 0 unspecified atom stereocenters. The molecule has 0 aliphatic carbocycles. The van der Waals surface area contributed by atoms with E-state index in [-0.39, 0.29) is 6.09 Å². The van der Waals surface area contributed by atoms with Crippen LogP contribution in [0.5, 0.6) is 0 Å². The Kier molecular flexibility index (Phi) is 5.63. The lowest BCUT2D eigenvalue weighted by atomic mass is 10.1. The lowest BCUT2D eigenvalue weighted by molar-refractivity contribution is 0.0187. The average molecular weight is 334 g/mol. The summed E-state index contributed by atoms with van der Waals surface area (Å²) in [6.07, 6.45) is 0.545. The number of amides is 1. The summed E-state index contributed by atoms with van der Waals surface area (Å²) >= 11 is 5.57. The van der Waals surface area contributed by atoms with Crippen molar-refractivity contribution in [3.05, 3.63) is 35.4 Å². The topological polar surface area (TPSA) is 32.8 Å². The van der Waals surface area contributed by atoms with Crippen LogP contribution in [-0.4, -0.2) is 52.7 Å². The van der Waals surface area contributed by atoms with E-state index in [0.29, 0.717) is 13.1 Å². The van der Waals surface area contributed by atoms with Crippen LogP contribution in [0.2, 0.25) is 0 Å². The molecule has 1 saturated heterocycles. The first-order chi connectivity index (χ1) is 10.7. The highest BCUT2D eigenvalue weighted by Gasteiger charge is 2.26. The van der Waals surface area contributed by atoms with Crippen molar-refractivity contribution >= 4 is 23.3 Å². The predicted molar refractivity (Wildman–Crippen MR) is 96.9 cm³/mol. The minimum absolute atomic E-state index is 0.235. The molecule has 1 aliphatic heterocycles. The molecule has 1 aromatic rings. The van der Waals surface area contributed by atoms with Gasteiger partial charge in [0.1, 0.15) is 5.60 Å². The highest BCUT2D eigenvalue weighted by atomic mass is 32.1. The molecule has 1 amide bonds. The van der Waals surface area contributed by atoms with Crippen molar-refractivity contribution in [3.8, 4) is 0 Å². The summed E-state index contributed by atoms with van der Waals surface area (Å²) in [7, 11) is 0. The molecule has 0 aromatic heterocycles. The van der Waals surface area contributed by atoms with Crippen LogP contribution < -0.4 is 0 Å². The molecule has 0 saturated carbocycles. The number of ether oxygens (including phenoxy) is 1. The minimum Gasteiger partial charge on any atom is -0.444 e. The fourth-order valence-corrected chi connectivity index (χ4v) is 2.81. The van der Waals surface area contributed by atoms with Crippen LogP contribution in [0.15, 0.2) is 24.3 Å². The maximum absolute atomic E-state index is 12.1.